The van der Waals surface area contributed by atoms with Gasteiger partial charge in [-0.05, 0) is 32.6 Å². The molecule has 1 heterocycles. The molecule has 0 fully saturated rings. The molecule has 0 aliphatic heterocycles. The zero-order valence-corrected chi connectivity index (χ0v) is 10.5. The molecule has 0 bridgehead atoms. The molecule has 0 saturated heterocycles. The number of rotatable bonds is 5. The highest BCUT2D eigenvalue weighted by Crippen LogP contribution is 2.15. The summed E-state index contributed by atoms with van der Waals surface area (Å²) in [5.74, 6) is -0.198. The fourth-order valence-corrected chi connectivity index (χ4v) is 1.45. The number of amides is 1. The Bertz CT molecular complexity index is 378. The molecular weight excluding hydrogens is 218 g/mol. The Balaban J connectivity index is 2.68. The largest absolute Gasteiger partial charge is 0.389 e. The Morgan fingerprint density at radius 3 is 2.88 bits per heavy atom. The quantitative estimate of drug-likeness (QED) is 0.779. The van der Waals surface area contributed by atoms with E-state index >= 15 is 0 Å². The van der Waals surface area contributed by atoms with E-state index in [1.54, 1.807) is 19.2 Å². The molecule has 5 heteroatoms. The molecule has 1 unspecified atom stereocenters. The summed E-state index contributed by atoms with van der Waals surface area (Å²) in [6, 6.07) is 1.66. The lowest BCUT2D eigenvalue weighted by atomic mass is 10.1. The maximum Gasteiger partial charge on any atom is 0.253 e. The molecule has 94 valence electrons. The second-order valence-electron chi connectivity index (χ2n) is 4.20. The lowest BCUT2D eigenvalue weighted by molar-refractivity contribution is 0.0944. The summed E-state index contributed by atoms with van der Waals surface area (Å²) in [4.78, 5) is 17.8. The molecule has 0 aliphatic rings. The first-order valence-corrected chi connectivity index (χ1v) is 5.57. The van der Waals surface area contributed by atoms with Crippen molar-refractivity contribution in [2.75, 3.05) is 27.2 Å². The van der Waals surface area contributed by atoms with Gasteiger partial charge in [-0.15, -0.1) is 0 Å². The van der Waals surface area contributed by atoms with Crippen LogP contribution in [0.5, 0.6) is 0 Å². The van der Waals surface area contributed by atoms with Crippen LogP contribution in [0.25, 0.3) is 0 Å². The molecule has 1 atom stereocenters. The van der Waals surface area contributed by atoms with Crippen molar-refractivity contribution in [3.8, 4) is 0 Å². The Labute approximate surface area is 101 Å². The summed E-state index contributed by atoms with van der Waals surface area (Å²) in [5.41, 5.74) is 1.03. The van der Waals surface area contributed by atoms with E-state index in [1.165, 1.54) is 6.20 Å². The number of hydrogen-bond donors (Lipinski definition) is 2. The summed E-state index contributed by atoms with van der Waals surface area (Å²) >= 11 is 0. The van der Waals surface area contributed by atoms with Crippen LogP contribution in [0.3, 0.4) is 0 Å². The zero-order chi connectivity index (χ0) is 12.8. The number of pyridine rings is 1. The van der Waals surface area contributed by atoms with Gasteiger partial charge in [0, 0.05) is 25.5 Å². The first-order valence-electron chi connectivity index (χ1n) is 5.57. The average Bonchev–Trinajstić information content (AvgIpc) is 2.28. The number of hydrogen-bond acceptors (Lipinski definition) is 4. The topological polar surface area (TPSA) is 65.5 Å². The second-order valence-corrected chi connectivity index (χ2v) is 4.20. The second kappa shape index (κ2) is 6.32. The summed E-state index contributed by atoms with van der Waals surface area (Å²) < 4.78 is 0. The van der Waals surface area contributed by atoms with Crippen molar-refractivity contribution in [2.45, 2.75) is 13.0 Å². The van der Waals surface area contributed by atoms with Crippen molar-refractivity contribution in [1.82, 2.24) is 15.2 Å². The van der Waals surface area contributed by atoms with Crippen LogP contribution < -0.4 is 5.32 Å². The number of aliphatic hydroxyl groups is 1. The van der Waals surface area contributed by atoms with Crippen LogP contribution in [-0.4, -0.2) is 48.1 Å². The predicted molar refractivity (Wildman–Crippen MR) is 65.8 cm³/mol. The van der Waals surface area contributed by atoms with Crippen LogP contribution in [0.2, 0.25) is 0 Å². The standard InChI is InChI=1S/C12H19N3O2/c1-9(16)10-4-5-13-8-11(10)12(17)14-6-7-15(2)3/h4-5,8-9,16H,6-7H2,1-3H3,(H,14,17). The number of nitrogens with one attached hydrogen (secondary N) is 1. The third kappa shape index (κ3) is 4.13. The Kier molecular flexibility index (Phi) is 5.06. The molecule has 1 rings (SSSR count). The van der Waals surface area contributed by atoms with Gasteiger partial charge >= 0.3 is 0 Å². The van der Waals surface area contributed by atoms with E-state index < -0.39 is 6.10 Å². The van der Waals surface area contributed by atoms with Crippen LogP contribution in [0.15, 0.2) is 18.5 Å². The molecule has 1 amide bonds. The fourth-order valence-electron chi connectivity index (χ4n) is 1.45. The molecular formula is C12H19N3O2. The van der Waals surface area contributed by atoms with Crippen LogP contribution in [0.1, 0.15) is 28.9 Å². The first-order chi connectivity index (χ1) is 8.02. The molecule has 0 spiro atoms. The summed E-state index contributed by atoms with van der Waals surface area (Å²) in [7, 11) is 3.88. The minimum absolute atomic E-state index is 0.198. The third-order valence-electron chi connectivity index (χ3n) is 2.39. The Morgan fingerprint density at radius 2 is 2.29 bits per heavy atom. The lowest BCUT2D eigenvalue weighted by Crippen LogP contribution is -2.32. The fraction of sp³-hybridized carbons (Fsp3) is 0.500. The van der Waals surface area contributed by atoms with Crippen molar-refractivity contribution in [3.63, 3.8) is 0 Å². The number of aromatic nitrogens is 1. The van der Waals surface area contributed by atoms with Gasteiger partial charge in [0.15, 0.2) is 0 Å². The Morgan fingerprint density at radius 1 is 1.59 bits per heavy atom. The van der Waals surface area contributed by atoms with Crippen LogP contribution in [0, 0.1) is 0 Å². The van der Waals surface area contributed by atoms with E-state index in [9.17, 15) is 9.90 Å². The highest BCUT2D eigenvalue weighted by Gasteiger charge is 2.14. The minimum atomic E-state index is -0.674. The first kappa shape index (κ1) is 13.6. The van der Waals surface area contributed by atoms with Crippen molar-refractivity contribution >= 4 is 5.91 Å². The number of carbonyl (C=O) groups excluding carboxylic acids is 1. The lowest BCUT2D eigenvalue weighted by Gasteiger charge is -2.13. The molecule has 0 radical (unpaired) electrons. The zero-order valence-electron chi connectivity index (χ0n) is 10.5. The van der Waals surface area contributed by atoms with Crippen LogP contribution >= 0.6 is 0 Å². The molecule has 0 aliphatic carbocycles. The molecule has 5 nitrogen and oxygen atoms in total. The number of nitrogens with zero attached hydrogens (tertiary/aromatic N) is 2. The molecule has 2 N–H and O–H groups in total. The molecule has 0 aromatic carbocycles. The van der Waals surface area contributed by atoms with Gasteiger partial charge in [0.2, 0.25) is 0 Å². The minimum Gasteiger partial charge on any atom is -0.389 e. The highest BCUT2D eigenvalue weighted by atomic mass is 16.3. The number of aliphatic hydroxyl groups excluding tert-OH is 1. The summed E-state index contributed by atoms with van der Waals surface area (Å²) in [6.45, 7) is 2.97. The van der Waals surface area contributed by atoms with Crippen molar-refractivity contribution in [3.05, 3.63) is 29.6 Å². The monoisotopic (exact) mass is 237 g/mol. The normalized spacial score (nSPS) is 12.5. The van der Waals surface area contributed by atoms with E-state index in [0.29, 0.717) is 17.7 Å². The maximum absolute atomic E-state index is 11.9. The van der Waals surface area contributed by atoms with E-state index in [1.807, 2.05) is 19.0 Å². The number of carbonyl (C=O) groups is 1. The van der Waals surface area contributed by atoms with Crippen LogP contribution in [-0.2, 0) is 0 Å². The summed E-state index contributed by atoms with van der Waals surface area (Å²) in [5, 5.41) is 12.3. The van der Waals surface area contributed by atoms with Gasteiger partial charge in [0.1, 0.15) is 0 Å². The van der Waals surface area contributed by atoms with E-state index in [2.05, 4.69) is 10.3 Å². The van der Waals surface area contributed by atoms with Crippen molar-refractivity contribution in [1.29, 1.82) is 0 Å². The van der Waals surface area contributed by atoms with Gasteiger partial charge in [0.25, 0.3) is 5.91 Å². The van der Waals surface area contributed by atoms with Gasteiger partial charge in [-0.3, -0.25) is 9.78 Å². The van der Waals surface area contributed by atoms with Gasteiger partial charge in [0.05, 0.1) is 11.7 Å². The van der Waals surface area contributed by atoms with Gasteiger partial charge in [-0.2, -0.15) is 0 Å². The summed E-state index contributed by atoms with van der Waals surface area (Å²) in [6.07, 6.45) is 2.37. The van der Waals surface area contributed by atoms with Gasteiger partial charge < -0.3 is 15.3 Å². The van der Waals surface area contributed by atoms with E-state index in [4.69, 9.17) is 0 Å². The predicted octanol–water partition coefficient (Wildman–Crippen LogP) is 0.426. The van der Waals surface area contributed by atoms with Crippen LogP contribution in [0.4, 0.5) is 0 Å². The molecule has 1 aromatic rings. The van der Waals surface area contributed by atoms with Gasteiger partial charge in [-0.25, -0.2) is 0 Å². The molecule has 0 saturated carbocycles. The van der Waals surface area contributed by atoms with Crippen molar-refractivity contribution < 1.29 is 9.90 Å². The van der Waals surface area contributed by atoms with E-state index in [-0.39, 0.29) is 5.91 Å². The highest BCUT2D eigenvalue weighted by molar-refractivity contribution is 5.95. The SMILES string of the molecule is CC(O)c1ccncc1C(=O)NCCN(C)C. The smallest absolute Gasteiger partial charge is 0.253 e. The molecule has 17 heavy (non-hydrogen) atoms. The van der Waals surface area contributed by atoms with Crippen molar-refractivity contribution in [2.24, 2.45) is 0 Å². The average molecular weight is 237 g/mol. The number of likely N-dealkylation sites (N-methyl/N-ethyl adjacent to an activating group) is 1. The Hall–Kier alpha value is -1.46. The van der Waals surface area contributed by atoms with E-state index in [0.717, 1.165) is 6.54 Å². The maximum atomic E-state index is 11.9. The van der Waals surface area contributed by atoms with Gasteiger partial charge in [-0.1, -0.05) is 0 Å². The molecule has 1 aromatic heterocycles. The third-order valence-corrected chi connectivity index (χ3v) is 2.39.